The van der Waals surface area contributed by atoms with Crippen molar-refractivity contribution in [1.29, 1.82) is 0 Å². The minimum atomic E-state index is 0.188. The second-order valence-corrected chi connectivity index (χ2v) is 4.15. The normalized spacial score (nSPS) is 10.7. The van der Waals surface area contributed by atoms with Crippen molar-refractivity contribution >= 4 is 11.5 Å². The highest BCUT2D eigenvalue weighted by Gasteiger charge is 2.06. The smallest absolute Gasteiger partial charge is 0.138 e. The molecule has 1 heterocycles. The van der Waals surface area contributed by atoms with Crippen LogP contribution in [0.1, 0.15) is 25.8 Å². The molecule has 3 N–H and O–H groups in total. The van der Waals surface area contributed by atoms with E-state index in [0.717, 1.165) is 12.1 Å². The molecule has 1 rings (SSSR count). The summed E-state index contributed by atoms with van der Waals surface area (Å²) < 4.78 is 0. The van der Waals surface area contributed by atoms with Crippen molar-refractivity contribution in [2.24, 2.45) is 0 Å². The summed E-state index contributed by atoms with van der Waals surface area (Å²) >= 11 is 0. The largest absolute Gasteiger partial charge is 0.398 e. The van der Waals surface area contributed by atoms with Crippen LogP contribution >= 0.6 is 0 Å². The lowest BCUT2D eigenvalue weighted by Gasteiger charge is -2.07. The molecule has 0 amide bonds. The number of Topliss-reactive ketones (excluding diaryl/α,β-unsaturated/α-hetero) is 1. The topological polar surface area (TPSA) is 68.0 Å². The van der Waals surface area contributed by atoms with Crippen LogP contribution in [0.25, 0.3) is 0 Å². The lowest BCUT2D eigenvalue weighted by molar-refractivity contribution is -0.118. The third kappa shape index (κ3) is 4.40. The summed E-state index contributed by atoms with van der Waals surface area (Å²) in [6.45, 7) is 4.84. The molecular weight excluding hydrogens is 202 g/mol. The lowest BCUT2D eigenvalue weighted by Crippen LogP contribution is -2.25. The molecule has 0 unspecified atom stereocenters. The summed E-state index contributed by atoms with van der Waals surface area (Å²) in [4.78, 5) is 15.6. The Morgan fingerprint density at radius 1 is 1.56 bits per heavy atom. The molecule has 16 heavy (non-hydrogen) atoms. The van der Waals surface area contributed by atoms with Crippen LogP contribution in [0.2, 0.25) is 0 Å². The van der Waals surface area contributed by atoms with Gasteiger partial charge in [-0.2, -0.15) is 0 Å². The quantitative estimate of drug-likeness (QED) is 0.756. The zero-order valence-electron chi connectivity index (χ0n) is 9.86. The number of nitrogen functional groups attached to an aromatic ring is 1. The van der Waals surface area contributed by atoms with Gasteiger partial charge in [-0.15, -0.1) is 0 Å². The third-order valence-electron chi connectivity index (χ3n) is 2.29. The predicted octanol–water partition coefficient (Wildman–Crippen LogP) is 1.16. The van der Waals surface area contributed by atoms with E-state index in [1.54, 1.807) is 18.5 Å². The van der Waals surface area contributed by atoms with Crippen molar-refractivity contribution in [3.05, 3.63) is 24.0 Å². The van der Waals surface area contributed by atoms with Crippen LogP contribution in [0.4, 0.5) is 5.69 Å². The van der Waals surface area contributed by atoms with Crippen molar-refractivity contribution in [2.45, 2.75) is 32.7 Å². The van der Waals surface area contributed by atoms with Crippen LogP contribution in [0.15, 0.2) is 18.5 Å². The van der Waals surface area contributed by atoms with E-state index in [1.807, 2.05) is 0 Å². The van der Waals surface area contributed by atoms with Gasteiger partial charge < -0.3 is 11.1 Å². The van der Waals surface area contributed by atoms with Gasteiger partial charge in [0.15, 0.2) is 0 Å². The van der Waals surface area contributed by atoms with Crippen LogP contribution in [0.5, 0.6) is 0 Å². The Morgan fingerprint density at radius 2 is 2.31 bits per heavy atom. The van der Waals surface area contributed by atoms with Gasteiger partial charge >= 0.3 is 0 Å². The second kappa shape index (κ2) is 6.23. The number of hydrogen-bond donors (Lipinski definition) is 2. The first-order valence-electron chi connectivity index (χ1n) is 5.53. The maximum absolute atomic E-state index is 11.6. The number of anilines is 1. The number of aromatic nitrogens is 1. The predicted molar refractivity (Wildman–Crippen MR) is 65.1 cm³/mol. The standard InChI is InChI=1S/C12H19N3O/c1-9(2)15-6-3-11(16)7-10-8-14-5-4-12(10)13/h4-5,8-9,15H,3,6-7H2,1-2H3,(H2,13,14). The fraction of sp³-hybridized carbons (Fsp3) is 0.500. The second-order valence-electron chi connectivity index (χ2n) is 4.15. The van der Waals surface area contributed by atoms with Crippen molar-refractivity contribution in [3.63, 3.8) is 0 Å². The van der Waals surface area contributed by atoms with Crippen LogP contribution in [0, 0.1) is 0 Å². The molecule has 0 saturated carbocycles. The number of nitrogens with two attached hydrogens (primary N) is 1. The van der Waals surface area contributed by atoms with Gasteiger partial charge in [-0.3, -0.25) is 9.78 Å². The monoisotopic (exact) mass is 221 g/mol. The molecule has 0 bridgehead atoms. The first-order valence-corrected chi connectivity index (χ1v) is 5.53. The first kappa shape index (κ1) is 12.6. The molecule has 0 radical (unpaired) electrons. The molecule has 0 saturated heterocycles. The molecule has 0 aliphatic rings. The number of carbonyl (C=O) groups excluding carboxylic acids is 1. The number of nitrogens with zero attached hydrogens (tertiary/aromatic N) is 1. The molecular formula is C12H19N3O. The van der Waals surface area contributed by atoms with Gasteiger partial charge in [0.25, 0.3) is 0 Å². The molecule has 88 valence electrons. The molecule has 0 atom stereocenters. The summed E-state index contributed by atoms with van der Waals surface area (Å²) in [5, 5.41) is 3.21. The number of hydrogen-bond acceptors (Lipinski definition) is 4. The highest BCUT2D eigenvalue weighted by Crippen LogP contribution is 2.10. The van der Waals surface area contributed by atoms with Gasteiger partial charge in [0.05, 0.1) is 0 Å². The van der Waals surface area contributed by atoms with E-state index in [-0.39, 0.29) is 5.78 Å². The van der Waals surface area contributed by atoms with Crippen molar-refractivity contribution < 1.29 is 4.79 Å². The number of ketones is 1. The Hall–Kier alpha value is -1.42. The van der Waals surface area contributed by atoms with Crippen LogP contribution in [-0.4, -0.2) is 23.4 Å². The van der Waals surface area contributed by atoms with E-state index in [9.17, 15) is 4.79 Å². The Morgan fingerprint density at radius 3 is 2.94 bits per heavy atom. The van der Waals surface area contributed by atoms with Crippen LogP contribution in [-0.2, 0) is 11.2 Å². The van der Waals surface area contributed by atoms with Gasteiger partial charge in [-0.05, 0) is 6.07 Å². The average molecular weight is 221 g/mol. The SMILES string of the molecule is CC(C)NCCC(=O)Cc1cnccc1N. The molecule has 4 heteroatoms. The molecule has 0 aliphatic carbocycles. The fourth-order valence-corrected chi connectivity index (χ4v) is 1.39. The zero-order valence-corrected chi connectivity index (χ0v) is 9.86. The van der Waals surface area contributed by atoms with E-state index < -0.39 is 0 Å². The van der Waals surface area contributed by atoms with E-state index in [4.69, 9.17) is 5.73 Å². The first-order chi connectivity index (χ1) is 7.59. The van der Waals surface area contributed by atoms with Gasteiger partial charge in [0.1, 0.15) is 5.78 Å². The Bertz CT molecular complexity index is 350. The highest BCUT2D eigenvalue weighted by atomic mass is 16.1. The lowest BCUT2D eigenvalue weighted by atomic mass is 10.1. The fourth-order valence-electron chi connectivity index (χ4n) is 1.39. The summed E-state index contributed by atoms with van der Waals surface area (Å²) in [7, 11) is 0. The highest BCUT2D eigenvalue weighted by molar-refractivity contribution is 5.82. The number of nitrogens with one attached hydrogen (secondary N) is 1. The molecule has 0 spiro atoms. The number of pyridine rings is 1. The maximum atomic E-state index is 11.6. The molecule has 1 aromatic heterocycles. The summed E-state index contributed by atoms with van der Waals surface area (Å²) in [5.41, 5.74) is 7.19. The zero-order chi connectivity index (χ0) is 12.0. The Kier molecular flexibility index (Phi) is 4.92. The van der Waals surface area contributed by atoms with Gasteiger partial charge in [-0.25, -0.2) is 0 Å². The third-order valence-corrected chi connectivity index (χ3v) is 2.29. The van der Waals surface area contributed by atoms with Crippen molar-refractivity contribution in [2.75, 3.05) is 12.3 Å². The molecule has 0 aliphatic heterocycles. The van der Waals surface area contributed by atoms with Gasteiger partial charge in [0, 0.05) is 49.1 Å². The van der Waals surface area contributed by atoms with Gasteiger partial charge in [-0.1, -0.05) is 13.8 Å². The molecule has 0 fully saturated rings. The van der Waals surface area contributed by atoms with Crippen LogP contribution in [0.3, 0.4) is 0 Å². The van der Waals surface area contributed by atoms with E-state index in [1.165, 1.54) is 0 Å². The Balaban J connectivity index is 2.37. The van der Waals surface area contributed by atoms with E-state index in [0.29, 0.717) is 24.6 Å². The minimum Gasteiger partial charge on any atom is -0.398 e. The summed E-state index contributed by atoms with van der Waals surface area (Å²) in [6.07, 6.45) is 4.19. The van der Waals surface area contributed by atoms with E-state index in [2.05, 4.69) is 24.1 Å². The number of rotatable bonds is 6. The molecule has 1 aromatic rings. The van der Waals surface area contributed by atoms with E-state index >= 15 is 0 Å². The van der Waals surface area contributed by atoms with Gasteiger partial charge in [0.2, 0.25) is 0 Å². The average Bonchev–Trinajstić information content (AvgIpc) is 2.21. The summed E-state index contributed by atoms with van der Waals surface area (Å²) in [6, 6.07) is 2.13. The Labute approximate surface area is 96.3 Å². The summed E-state index contributed by atoms with van der Waals surface area (Å²) in [5.74, 6) is 0.188. The molecule has 0 aromatic carbocycles. The molecule has 4 nitrogen and oxygen atoms in total. The van der Waals surface area contributed by atoms with Crippen molar-refractivity contribution in [3.8, 4) is 0 Å². The maximum Gasteiger partial charge on any atom is 0.138 e. The van der Waals surface area contributed by atoms with Crippen LogP contribution < -0.4 is 11.1 Å². The van der Waals surface area contributed by atoms with Crippen molar-refractivity contribution in [1.82, 2.24) is 10.3 Å². The number of carbonyl (C=O) groups is 1. The minimum absolute atomic E-state index is 0.188.